The summed E-state index contributed by atoms with van der Waals surface area (Å²) in [4.78, 5) is 19.6. The van der Waals surface area contributed by atoms with Crippen molar-refractivity contribution in [2.75, 3.05) is 0 Å². The first kappa shape index (κ1) is 15.7. The SMILES string of the molecule is Cc1ccc(-c2nc(CC(C)C)c(I)c(=O)[nH]2)c(Br)c1. The Morgan fingerprint density at radius 2 is 2.10 bits per heavy atom. The van der Waals surface area contributed by atoms with E-state index in [0.29, 0.717) is 15.3 Å². The Hall–Kier alpha value is -0.690. The topological polar surface area (TPSA) is 45.8 Å². The van der Waals surface area contributed by atoms with Crippen LogP contribution in [-0.4, -0.2) is 9.97 Å². The number of benzene rings is 1. The summed E-state index contributed by atoms with van der Waals surface area (Å²) < 4.78 is 1.63. The van der Waals surface area contributed by atoms with Gasteiger partial charge in [0, 0.05) is 10.0 Å². The molecular formula is C15H16BrIN2O. The lowest BCUT2D eigenvalue weighted by Gasteiger charge is -2.10. The highest BCUT2D eigenvalue weighted by Crippen LogP contribution is 2.26. The fourth-order valence-electron chi connectivity index (χ4n) is 1.97. The predicted molar refractivity (Wildman–Crippen MR) is 94.0 cm³/mol. The minimum Gasteiger partial charge on any atom is -0.306 e. The molecule has 1 aromatic carbocycles. The van der Waals surface area contributed by atoms with Gasteiger partial charge in [-0.25, -0.2) is 4.98 Å². The highest BCUT2D eigenvalue weighted by Gasteiger charge is 2.13. The van der Waals surface area contributed by atoms with Crippen LogP contribution in [0.25, 0.3) is 11.4 Å². The smallest absolute Gasteiger partial charge is 0.264 e. The van der Waals surface area contributed by atoms with Crippen molar-refractivity contribution in [2.45, 2.75) is 27.2 Å². The van der Waals surface area contributed by atoms with Crippen LogP contribution in [0.3, 0.4) is 0 Å². The van der Waals surface area contributed by atoms with E-state index >= 15 is 0 Å². The number of halogens is 2. The van der Waals surface area contributed by atoms with E-state index in [1.807, 2.05) is 25.1 Å². The molecule has 0 aliphatic carbocycles. The fourth-order valence-corrected chi connectivity index (χ4v) is 3.12. The van der Waals surface area contributed by atoms with Crippen molar-refractivity contribution in [1.82, 2.24) is 9.97 Å². The average Bonchev–Trinajstić information content (AvgIpc) is 2.34. The Bertz CT molecular complexity index is 695. The maximum absolute atomic E-state index is 12.1. The third kappa shape index (κ3) is 3.49. The van der Waals surface area contributed by atoms with E-state index < -0.39 is 0 Å². The maximum atomic E-state index is 12.1. The van der Waals surface area contributed by atoms with Gasteiger partial charge in [-0.15, -0.1) is 0 Å². The molecule has 0 spiro atoms. The van der Waals surface area contributed by atoms with Crippen LogP contribution in [0.5, 0.6) is 0 Å². The van der Waals surface area contributed by atoms with Gasteiger partial charge in [0.1, 0.15) is 5.82 Å². The first-order chi connectivity index (χ1) is 9.38. The van der Waals surface area contributed by atoms with E-state index in [4.69, 9.17) is 0 Å². The Morgan fingerprint density at radius 1 is 1.40 bits per heavy atom. The highest BCUT2D eigenvalue weighted by atomic mass is 127. The lowest BCUT2D eigenvalue weighted by molar-refractivity contribution is 0.631. The van der Waals surface area contributed by atoms with Crippen molar-refractivity contribution in [3.05, 3.63) is 47.9 Å². The minimum atomic E-state index is -0.0706. The first-order valence-electron chi connectivity index (χ1n) is 6.43. The fraction of sp³-hybridized carbons (Fsp3) is 0.333. The summed E-state index contributed by atoms with van der Waals surface area (Å²) in [6, 6.07) is 6.01. The Labute approximate surface area is 140 Å². The summed E-state index contributed by atoms with van der Waals surface area (Å²) in [5.74, 6) is 1.09. The molecule has 0 saturated heterocycles. The Balaban J connectivity index is 2.57. The number of aromatic amines is 1. The molecule has 0 bridgehead atoms. The van der Waals surface area contributed by atoms with Crippen LogP contribution in [0.15, 0.2) is 27.5 Å². The molecule has 106 valence electrons. The van der Waals surface area contributed by atoms with Crippen molar-refractivity contribution < 1.29 is 0 Å². The number of hydrogen-bond acceptors (Lipinski definition) is 2. The van der Waals surface area contributed by atoms with E-state index in [0.717, 1.165) is 27.7 Å². The Morgan fingerprint density at radius 3 is 2.70 bits per heavy atom. The second-order valence-corrected chi connectivity index (χ2v) is 7.19. The van der Waals surface area contributed by atoms with Gasteiger partial charge in [-0.1, -0.05) is 35.8 Å². The van der Waals surface area contributed by atoms with Gasteiger partial charge < -0.3 is 4.98 Å². The van der Waals surface area contributed by atoms with Crippen molar-refractivity contribution >= 4 is 38.5 Å². The van der Waals surface area contributed by atoms with Gasteiger partial charge in [-0.05, 0) is 59.5 Å². The van der Waals surface area contributed by atoms with E-state index in [-0.39, 0.29) is 5.56 Å². The lowest BCUT2D eigenvalue weighted by atomic mass is 10.1. The van der Waals surface area contributed by atoms with Gasteiger partial charge in [-0.3, -0.25) is 4.79 Å². The highest BCUT2D eigenvalue weighted by molar-refractivity contribution is 14.1. The van der Waals surface area contributed by atoms with Crippen molar-refractivity contribution in [2.24, 2.45) is 5.92 Å². The molecule has 2 aromatic rings. The van der Waals surface area contributed by atoms with Crippen LogP contribution in [0.2, 0.25) is 0 Å². The third-order valence-electron chi connectivity index (χ3n) is 2.91. The molecule has 0 saturated carbocycles. The summed E-state index contributed by atoms with van der Waals surface area (Å²) in [6.07, 6.45) is 0.804. The maximum Gasteiger partial charge on any atom is 0.264 e. The number of aryl methyl sites for hydroxylation is 1. The average molecular weight is 447 g/mol. The predicted octanol–water partition coefficient (Wildman–Crippen LogP) is 4.31. The summed E-state index contributed by atoms with van der Waals surface area (Å²) in [6.45, 7) is 6.28. The number of hydrogen-bond donors (Lipinski definition) is 1. The quantitative estimate of drug-likeness (QED) is 0.714. The monoisotopic (exact) mass is 446 g/mol. The van der Waals surface area contributed by atoms with Crippen LogP contribution >= 0.6 is 38.5 Å². The Kier molecular flexibility index (Phi) is 5.01. The van der Waals surface area contributed by atoms with Crippen molar-refractivity contribution in [3.63, 3.8) is 0 Å². The lowest BCUT2D eigenvalue weighted by Crippen LogP contribution is -2.17. The van der Waals surface area contributed by atoms with Crippen LogP contribution in [0.4, 0.5) is 0 Å². The zero-order valence-corrected chi connectivity index (χ0v) is 15.4. The zero-order valence-electron chi connectivity index (χ0n) is 11.6. The molecule has 2 rings (SSSR count). The molecule has 0 radical (unpaired) electrons. The van der Waals surface area contributed by atoms with Gasteiger partial charge >= 0.3 is 0 Å². The molecule has 5 heteroatoms. The second-order valence-electron chi connectivity index (χ2n) is 5.26. The number of nitrogens with zero attached hydrogens (tertiary/aromatic N) is 1. The number of H-pyrrole nitrogens is 1. The van der Waals surface area contributed by atoms with Crippen LogP contribution in [-0.2, 0) is 6.42 Å². The normalized spacial score (nSPS) is 11.1. The van der Waals surface area contributed by atoms with Gasteiger partial charge in [-0.2, -0.15) is 0 Å². The molecule has 20 heavy (non-hydrogen) atoms. The molecular weight excluding hydrogens is 431 g/mol. The van der Waals surface area contributed by atoms with E-state index in [2.05, 4.69) is 62.3 Å². The zero-order chi connectivity index (χ0) is 14.9. The van der Waals surface area contributed by atoms with E-state index in [9.17, 15) is 4.79 Å². The molecule has 0 aliphatic rings. The van der Waals surface area contributed by atoms with Crippen LogP contribution in [0.1, 0.15) is 25.1 Å². The van der Waals surface area contributed by atoms with Crippen molar-refractivity contribution in [1.29, 1.82) is 0 Å². The molecule has 3 nitrogen and oxygen atoms in total. The number of aromatic nitrogens is 2. The summed E-state index contributed by atoms with van der Waals surface area (Å²) in [5.41, 5.74) is 2.87. The van der Waals surface area contributed by atoms with Gasteiger partial charge in [0.15, 0.2) is 0 Å². The third-order valence-corrected chi connectivity index (χ3v) is 4.68. The molecule has 0 fully saturated rings. The summed E-state index contributed by atoms with van der Waals surface area (Å²) >= 11 is 5.61. The molecule has 0 amide bonds. The molecule has 1 heterocycles. The van der Waals surface area contributed by atoms with Gasteiger partial charge in [0.05, 0.1) is 9.26 Å². The van der Waals surface area contributed by atoms with Gasteiger partial charge in [0.2, 0.25) is 0 Å². The van der Waals surface area contributed by atoms with E-state index in [1.54, 1.807) is 0 Å². The van der Waals surface area contributed by atoms with Crippen LogP contribution < -0.4 is 5.56 Å². The van der Waals surface area contributed by atoms with Crippen molar-refractivity contribution in [3.8, 4) is 11.4 Å². The molecule has 0 atom stereocenters. The molecule has 1 aromatic heterocycles. The van der Waals surface area contributed by atoms with Crippen LogP contribution in [0, 0.1) is 16.4 Å². The molecule has 0 unspecified atom stereocenters. The largest absolute Gasteiger partial charge is 0.306 e. The standard InChI is InChI=1S/C15H16BrIN2O/c1-8(2)6-12-13(17)15(20)19-14(18-12)10-5-4-9(3)7-11(10)16/h4-5,7-8H,6H2,1-3H3,(H,18,19,20). The molecule has 0 aliphatic heterocycles. The number of nitrogens with one attached hydrogen (secondary N) is 1. The minimum absolute atomic E-state index is 0.0706. The summed E-state index contributed by atoms with van der Waals surface area (Å²) in [5, 5.41) is 0. The first-order valence-corrected chi connectivity index (χ1v) is 8.31. The molecule has 1 N–H and O–H groups in total. The van der Waals surface area contributed by atoms with E-state index in [1.165, 1.54) is 0 Å². The number of rotatable bonds is 3. The van der Waals surface area contributed by atoms with Gasteiger partial charge in [0.25, 0.3) is 5.56 Å². The summed E-state index contributed by atoms with van der Waals surface area (Å²) in [7, 11) is 0. The second kappa shape index (κ2) is 6.39.